The number of nitrogens with one attached hydrogen (secondary N) is 1. The van der Waals surface area contributed by atoms with Gasteiger partial charge in [-0.3, -0.25) is 4.79 Å². The number of carbonyl (C=O) groups excluding carboxylic acids is 1. The van der Waals surface area contributed by atoms with Crippen LogP contribution >= 0.6 is 11.6 Å². The van der Waals surface area contributed by atoms with E-state index in [0.29, 0.717) is 18.0 Å². The lowest BCUT2D eigenvalue weighted by atomic mass is 10.1. The molecule has 0 saturated heterocycles. The van der Waals surface area contributed by atoms with Gasteiger partial charge in [0.2, 0.25) is 5.91 Å². The Bertz CT molecular complexity index is 586. The van der Waals surface area contributed by atoms with Gasteiger partial charge in [-0.05, 0) is 36.1 Å². The molecule has 0 aliphatic heterocycles. The summed E-state index contributed by atoms with van der Waals surface area (Å²) in [6.07, 6.45) is 1.29. The van der Waals surface area contributed by atoms with Gasteiger partial charge in [0.1, 0.15) is 0 Å². The molecule has 0 aromatic heterocycles. The van der Waals surface area contributed by atoms with E-state index >= 15 is 0 Å². The third kappa shape index (κ3) is 5.21. The van der Waals surface area contributed by atoms with E-state index in [9.17, 15) is 4.79 Å². The van der Waals surface area contributed by atoms with Crippen LogP contribution in [0.2, 0.25) is 5.02 Å². The summed E-state index contributed by atoms with van der Waals surface area (Å²) >= 11 is 5.92. The second kappa shape index (κ2) is 7.81. The van der Waals surface area contributed by atoms with E-state index < -0.39 is 6.04 Å². The fraction of sp³-hybridized carbons (Fsp3) is 0.235. The molecule has 4 heteroatoms. The van der Waals surface area contributed by atoms with Crippen molar-refractivity contribution in [1.82, 2.24) is 5.32 Å². The molecule has 2 aromatic rings. The van der Waals surface area contributed by atoms with Crippen LogP contribution in [0.4, 0.5) is 0 Å². The summed E-state index contributed by atoms with van der Waals surface area (Å²) in [5, 5.41) is 3.57. The SMILES string of the molecule is NC(Cc1ccccc1)C(=O)NCCc1cccc(Cl)c1. The number of benzene rings is 2. The molecule has 0 aliphatic rings. The molecule has 0 radical (unpaired) electrons. The van der Waals surface area contributed by atoms with Crippen LogP contribution in [-0.2, 0) is 17.6 Å². The first-order valence-electron chi connectivity index (χ1n) is 6.97. The third-order valence-corrected chi connectivity index (χ3v) is 3.47. The zero-order chi connectivity index (χ0) is 15.1. The van der Waals surface area contributed by atoms with Crippen LogP contribution in [0.15, 0.2) is 54.6 Å². The Morgan fingerprint density at radius 3 is 2.52 bits per heavy atom. The zero-order valence-electron chi connectivity index (χ0n) is 11.8. The Hall–Kier alpha value is -1.84. The fourth-order valence-electron chi connectivity index (χ4n) is 2.11. The summed E-state index contributed by atoms with van der Waals surface area (Å²) < 4.78 is 0. The molecule has 0 spiro atoms. The van der Waals surface area contributed by atoms with Gasteiger partial charge in [-0.1, -0.05) is 54.1 Å². The molecular formula is C17H19ClN2O. The number of carbonyl (C=O) groups is 1. The maximum Gasteiger partial charge on any atom is 0.237 e. The van der Waals surface area contributed by atoms with Gasteiger partial charge in [0.15, 0.2) is 0 Å². The van der Waals surface area contributed by atoms with Crippen LogP contribution < -0.4 is 11.1 Å². The monoisotopic (exact) mass is 302 g/mol. The van der Waals surface area contributed by atoms with Crippen molar-refractivity contribution >= 4 is 17.5 Å². The lowest BCUT2D eigenvalue weighted by molar-refractivity contribution is -0.122. The van der Waals surface area contributed by atoms with Crippen molar-refractivity contribution in [3.63, 3.8) is 0 Å². The van der Waals surface area contributed by atoms with E-state index in [4.69, 9.17) is 17.3 Å². The van der Waals surface area contributed by atoms with Crippen molar-refractivity contribution in [2.45, 2.75) is 18.9 Å². The Labute approximate surface area is 130 Å². The van der Waals surface area contributed by atoms with Gasteiger partial charge in [-0.25, -0.2) is 0 Å². The lowest BCUT2D eigenvalue weighted by Crippen LogP contribution is -2.42. The number of halogens is 1. The summed E-state index contributed by atoms with van der Waals surface area (Å²) in [4.78, 5) is 11.9. The molecule has 2 aromatic carbocycles. The first-order chi connectivity index (χ1) is 10.1. The molecular weight excluding hydrogens is 284 g/mol. The average Bonchev–Trinajstić information content (AvgIpc) is 2.48. The minimum Gasteiger partial charge on any atom is -0.354 e. The summed E-state index contributed by atoms with van der Waals surface area (Å²) in [6.45, 7) is 0.557. The van der Waals surface area contributed by atoms with Crippen molar-refractivity contribution in [2.75, 3.05) is 6.54 Å². The van der Waals surface area contributed by atoms with Crippen LogP contribution in [0.25, 0.3) is 0 Å². The molecule has 0 fully saturated rings. The lowest BCUT2D eigenvalue weighted by Gasteiger charge is -2.12. The Morgan fingerprint density at radius 1 is 1.10 bits per heavy atom. The third-order valence-electron chi connectivity index (χ3n) is 3.24. The van der Waals surface area contributed by atoms with E-state index in [1.807, 2.05) is 54.6 Å². The summed E-state index contributed by atoms with van der Waals surface area (Å²) in [5.41, 5.74) is 8.08. The molecule has 3 N–H and O–H groups in total. The Kier molecular flexibility index (Phi) is 5.78. The molecule has 1 unspecified atom stereocenters. The Balaban J connectivity index is 1.76. The minimum atomic E-state index is -0.522. The van der Waals surface area contributed by atoms with Crippen molar-refractivity contribution in [1.29, 1.82) is 0 Å². The van der Waals surface area contributed by atoms with Gasteiger partial charge < -0.3 is 11.1 Å². The molecule has 0 bridgehead atoms. The summed E-state index contributed by atoms with van der Waals surface area (Å²) in [5.74, 6) is -0.124. The quantitative estimate of drug-likeness (QED) is 0.861. The first-order valence-corrected chi connectivity index (χ1v) is 7.34. The molecule has 110 valence electrons. The standard InChI is InChI=1S/C17H19ClN2O/c18-15-8-4-7-14(11-15)9-10-20-17(21)16(19)12-13-5-2-1-3-6-13/h1-8,11,16H,9-10,12,19H2,(H,20,21). The van der Waals surface area contributed by atoms with E-state index in [0.717, 1.165) is 17.5 Å². The number of hydrogen-bond donors (Lipinski definition) is 2. The van der Waals surface area contributed by atoms with E-state index in [-0.39, 0.29) is 5.91 Å². The van der Waals surface area contributed by atoms with Crippen molar-refractivity contribution in [3.8, 4) is 0 Å². The second-order valence-corrected chi connectivity index (χ2v) is 5.40. The predicted molar refractivity (Wildman–Crippen MR) is 86.3 cm³/mol. The van der Waals surface area contributed by atoms with E-state index in [1.54, 1.807) is 0 Å². The van der Waals surface area contributed by atoms with Crippen LogP contribution in [0.1, 0.15) is 11.1 Å². The molecule has 0 saturated carbocycles. The van der Waals surface area contributed by atoms with Gasteiger partial charge in [0.05, 0.1) is 6.04 Å². The van der Waals surface area contributed by atoms with Crippen molar-refractivity contribution < 1.29 is 4.79 Å². The highest BCUT2D eigenvalue weighted by Crippen LogP contribution is 2.10. The van der Waals surface area contributed by atoms with Gasteiger partial charge >= 0.3 is 0 Å². The highest BCUT2D eigenvalue weighted by Gasteiger charge is 2.13. The zero-order valence-corrected chi connectivity index (χ0v) is 12.5. The van der Waals surface area contributed by atoms with Crippen molar-refractivity contribution in [2.24, 2.45) is 5.73 Å². The van der Waals surface area contributed by atoms with Gasteiger partial charge in [-0.2, -0.15) is 0 Å². The van der Waals surface area contributed by atoms with Gasteiger partial charge in [0.25, 0.3) is 0 Å². The van der Waals surface area contributed by atoms with E-state index in [2.05, 4.69) is 5.32 Å². The summed E-state index contributed by atoms with van der Waals surface area (Å²) in [7, 11) is 0. The first kappa shape index (κ1) is 15.5. The minimum absolute atomic E-state index is 0.124. The smallest absolute Gasteiger partial charge is 0.237 e. The van der Waals surface area contributed by atoms with Crippen molar-refractivity contribution in [3.05, 3.63) is 70.7 Å². The number of hydrogen-bond acceptors (Lipinski definition) is 2. The van der Waals surface area contributed by atoms with E-state index in [1.165, 1.54) is 0 Å². The number of nitrogens with two attached hydrogens (primary N) is 1. The number of amides is 1. The number of rotatable bonds is 6. The average molecular weight is 303 g/mol. The molecule has 1 atom stereocenters. The fourth-order valence-corrected chi connectivity index (χ4v) is 2.33. The molecule has 1 amide bonds. The normalized spacial score (nSPS) is 11.9. The molecule has 21 heavy (non-hydrogen) atoms. The molecule has 2 rings (SSSR count). The maximum atomic E-state index is 11.9. The predicted octanol–water partition coefficient (Wildman–Crippen LogP) is 2.57. The highest BCUT2D eigenvalue weighted by atomic mass is 35.5. The largest absolute Gasteiger partial charge is 0.354 e. The molecule has 0 heterocycles. The second-order valence-electron chi connectivity index (χ2n) is 4.97. The molecule has 3 nitrogen and oxygen atoms in total. The van der Waals surface area contributed by atoms with Crippen LogP contribution in [0, 0.1) is 0 Å². The summed E-state index contributed by atoms with van der Waals surface area (Å²) in [6, 6.07) is 16.9. The molecule has 0 aliphatic carbocycles. The van der Waals surface area contributed by atoms with Crippen LogP contribution in [-0.4, -0.2) is 18.5 Å². The van der Waals surface area contributed by atoms with Crippen LogP contribution in [0.5, 0.6) is 0 Å². The Morgan fingerprint density at radius 2 is 1.81 bits per heavy atom. The topological polar surface area (TPSA) is 55.1 Å². The van der Waals surface area contributed by atoms with Crippen LogP contribution in [0.3, 0.4) is 0 Å². The van der Waals surface area contributed by atoms with Gasteiger partial charge in [0, 0.05) is 11.6 Å². The van der Waals surface area contributed by atoms with Gasteiger partial charge in [-0.15, -0.1) is 0 Å². The maximum absolute atomic E-state index is 11.9. The highest BCUT2D eigenvalue weighted by molar-refractivity contribution is 6.30.